The molecule has 4 atom stereocenters. The first kappa shape index (κ1) is 21.7. The van der Waals surface area contributed by atoms with Gasteiger partial charge in [0.2, 0.25) is 15.9 Å². The molecule has 0 saturated carbocycles. The monoisotopic (exact) mass is 434 g/mol. The van der Waals surface area contributed by atoms with Crippen LogP contribution in [0.25, 0.3) is 0 Å². The number of piperidine rings is 2. The molecule has 0 spiro atoms. The molecule has 3 aliphatic rings. The van der Waals surface area contributed by atoms with Crippen LogP contribution < -0.4 is 10.7 Å². The third-order valence-corrected chi connectivity index (χ3v) is 8.56. The third-order valence-electron chi connectivity index (χ3n) is 7.25. The fraction of sp³-hybridized carbons (Fsp3) is 0.682. The van der Waals surface area contributed by atoms with Gasteiger partial charge in [0.1, 0.15) is 0 Å². The fourth-order valence-electron chi connectivity index (χ4n) is 5.61. The van der Waals surface area contributed by atoms with E-state index in [1.807, 2.05) is 30.3 Å². The summed E-state index contributed by atoms with van der Waals surface area (Å²) in [5.41, 5.74) is 4.63. The molecule has 3 saturated heterocycles. The molecule has 2 N–H and O–H groups in total. The third kappa shape index (κ3) is 4.72. The molecule has 166 valence electrons. The van der Waals surface area contributed by atoms with Crippen LogP contribution in [0, 0.1) is 17.8 Å². The van der Waals surface area contributed by atoms with Crippen molar-refractivity contribution in [1.82, 2.24) is 20.1 Å². The molecule has 0 aromatic heterocycles. The molecular weight excluding hydrogens is 400 g/mol. The number of hydrazine groups is 1. The molecule has 1 aromatic rings. The number of carbonyl (C=O) groups excluding carboxylic acids is 1. The minimum Gasteiger partial charge on any atom is -0.352 e. The summed E-state index contributed by atoms with van der Waals surface area (Å²) in [6.45, 7) is 4.87. The Balaban J connectivity index is 1.36. The number of rotatable bonds is 5. The highest BCUT2D eigenvalue weighted by Gasteiger charge is 2.47. The van der Waals surface area contributed by atoms with Crippen molar-refractivity contribution in [3.63, 3.8) is 0 Å². The Kier molecular flexibility index (Phi) is 6.48. The van der Waals surface area contributed by atoms with Gasteiger partial charge in [0.05, 0.1) is 12.2 Å². The predicted octanol–water partition coefficient (Wildman–Crippen LogP) is 1.58. The molecule has 1 aromatic carbocycles. The number of carbonyl (C=O) groups is 1. The van der Waals surface area contributed by atoms with E-state index in [0.29, 0.717) is 31.5 Å². The predicted molar refractivity (Wildman–Crippen MR) is 117 cm³/mol. The lowest BCUT2D eigenvalue weighted by molar-refractivity contribution is -0.126. The Bertz CT molecular complexity index is 839. The summed E-state index contributed by atoms with van der Waals surface area (Å²) in [5, 5.41) is 5.42. The van der Waals surface area contributed by atoms with Crippen LogP contribution in [-0.4, -0.2) is 61.6 Å². The van der Waals surface area contributed by atoms with Crippen molar-refractivity contribution < 1.29 is 13.2 Å². The highest BCUT2D eigenvalue weighted by atomic mass is 32.2. The summed E-state index contributed by atoms with van der Waals surface area (Å²) < 4.78 is 25.2. The van der Waals surface area contributed by atoms with E-state index in [4.69, 9.17) is 0 Å². The first-order valence-electron chi connectivity index (χ1n) is 11.1. The standard InChI is InChI=1S/C22H34N4O3S/c1-16-21(22(27)23-15-17-6-4-3-5-7-17)20-14-19(10-13-26(20)24-16)18-8-11-25(12-9-18)30(2,28)29/h3-7,16,18-21,24H,8-15H2,1-2H3,(H,23,27). The SMILES string of the molecule is CC1NN2CCC(C3CCN(S(C)(=O)=O)CC3)CC2C1C(=O)NCc1ccccc1. The van der Waals surface area contributed by atoms with Gasteiger partial charge in [-0.15, -0.1) is 0 Å². The zero-order valence-corrected chi connectivity index (χ0v) is 18.8. The van der Waals surface area contributed by atoms with Crippen LogP contribution in [0.15, 0.2) is 30.3 Å². The molecule has 3 aliphatic heterocycles. The lowest BCUT2D eigenvalue weighted by Crippen LogP contribution is -2.49. The Hall–Kier alpha value is -1.48. The first-order valence-corrected chi connectivity index (χ1v) is 13.0. The number of hydrogen-bond acceptors (Lipinski definition) is 5. The number of nitrogens with zero attached hydrogens (tertiary/aromatic N) is 2. The van der Waals surface area contributed by atoms with E-state index < -0.39 is 10.0 Å². The van der Waals surface area contributed by atoms with Crippen LogP contribution in [0.4, 0.5) is 0 Å². The molecule has 0 bridgehead atoms. The van der Waals surface area contributed by atoms with Crippen molar-refractivity contribution in [3.8, 4) is 0 Å². The minimum absolute atomic E-state index is 0.0624. The molecule has 3 fully saturated rings. The van der Waals surface area contributed by atoms with Crippen LogP contribution in [0.5, 0.6) is 0 Å². The van der Waals surface area contributed by atoms with Gasteiger partial charge in [-0.05, 0) is 50.0 Å². The lowest BCUT2D eigenvalue weighted by Gasteiger charge is -2.42. The number of hydrogen-bond donors (Lipinski definition) is 2. The minimum atomic E-state index is -3.09. The second kappa shape index (κ2) is 8.94. The highest BCUT2D eigenvalue weighted by molar-refractivity contribution is 7.88. The van der Waals surface area contributed by atoms with Gasteiger partial charge < -0.3 is 5.32 Å². The largest absolute Gasteiger partial charge is 0.352 e. The summed E-state index contributed by atoms with van der Waals surface area (Å²) in [6, 6.07) is 10.4. The maximum atomic E-state index is 13.1. The van der Waals surface area contributed by atoms with Crippen molar-refractivity contribution in [2.45, 2.75) is 51.2 Å². The van der Waals surface area contributed by atoms with Crippen molar-refractivity contribution in [2.24, 2.45) is 17.8 Å². The summed E-state index contributed by atoms with van der Waals surface area (Å²) in [4.78, 5) is 13.1. The molecule has 3 heterocycles. The topological polar surface area (TPSA) is 81.8 Å². The van der Waals surface area contributed by atoms with E-state index in [-0.39, 0.29) is 23.9 Å². The van der Waals surface area contributed by atoms with Gasteiger partial charge in [-0.1, -0.05) is 30.3 Å². The van der Waals surface area contributed by atoms with E-state index >= 15 is 0 Å². The molecule has 30 heavy (non-hydrogen) atoms. The number of fused-ring (bicyclic) bond motifs is 1. The van der Waals surface area contributed by atoms with Gasteiger partial charge in [-0.3, -0.25) is 10.2 Å². The van der Waals surface area contributed by atoms with Crippen LogP contribution in [0.3, 0.4) is 0 Å². The Morgan fingerprint density at radius 3 is 2.43 bits per heavy atom. The highest BCUT2D eigenvalue weighted by Crippen LogP contribution is 2.39. The van der Waals surface area contributed by atoms with Crippen LogP contribution >= 0.6 is 0 Å². The van der Waals surface area contributed by atoms with Gasteiger partial charge >= 0.3 is 0 Å². The summed E-state index contributed by atoms with van der Waals surface area (Å²) in [6.07, 6.45) is 5.27. The molecule has 7 nitrogen and oxygen atoms in total. The lowest BCUT2D eigenvalue weighted by atomic mass is 9.74. The smallest absolute Gasteiger partial charge is 0.226 e. The number of nitrogens with one attached hydrogen (secondary N) is 2. The van der Waals surface area contributed by atoms with Gasteiger partial charge in [0, 0.05) is 38.3 Å². The van der Waals surface area contributed by atoms with E-state index in [2.05, 4.69) is 22.7 Å². The number of amides is 1. The average molecular weight is 435 g/mol. The summed E-state index contributed by atoms with van der Waals surface area (Å²) in [7, 11) is -3.09. The molecule has 4 unspecified atom stereocenters. The Morgan fingerprint density at radius 1 is 1.10 bits per heavy atom. The van der Waals surface area contributed by atoms with Gasteiger partial charge in [-0.25, -0.2) is 17.7 Å². The van der Waals surface area contributed by atoms with Crippen LogP contribution in [0.2, 0.25) is 0 Å². The Labute approximate surface area is 180 Å². The van der Waals surface area contributed by atoms with E-state index in [0.717, 1.165) is 37.8 Å². The van der Waals surface area contributed by atoms with E-state index in [9.17, 15) is 13.2 Å². The second-order valence-electron chi connectivity index (χ2n) is 9.19. The Morgan fingerprint density at radius 2 is 1.77 bits per heavy atom. The van der Waals surface area contributed by atoms with Crippen molar-refractivity contribution in [1.29, 1.82) is 0 Å². The number of benzene rings is 1. The summed E-state index contributed by atoms with van der Waals surface area (Å²) >= 11 is 0. The normalized spacial score (nSPS) is 31.4. The van der Waals surface area contributed by atoms with Gasteiger partial charge in [-0.2, -0.15) is 0 Å². The van der Waals surface area contributed by atoms with E-state index in [1.165, 1.54) is 6.26 Å². The van der Waals surface area contributed by atoms with Gasteiger partial charge in [0.15, 0.2) is 0 Å². The molecule has 0 radical (unpaired) electrons. The van der Waals surface area contributed by atoms with E-state index in [1.54, 1.807) is 4.31 Å². The summed E-state index contributed by atoms with van der Waals surface area (Å²) in [5.74, 6) is 1.17. The molecular formula is C22H34N4O3S. The quantitative estimate of drug-likeness (QED) is 0.735. The number of sulfonamides is 1. The average Bonchev–Trinajstić information content (AvgIpc) is 3.07. The molecule has 8 heteroatoms. The molecule has 1 amide bonds. The first-order chi connectivity index (χ1) is 14.3. The maximum Gasteiger partial charge on any atom is 0.226 e. The zero-order chi connectivity index (χ0) is 21.3. The zero-order valence-electron chi connectivity index (χ0n) is 18.0. The second-order valence-corrected chi connectivity index (χ2v) is 11.2. The maximum absolute atomic E-state index is 13.1. The molecule has 0 aliphatic carbocycles. The van der Waals surface area contributed by atoms with Crippen molar-refractivity contribution in [3.05, 3.63) is 35.9 Å². The fourth-order valence-corrected chi connectivity index (χ4v) is 6.49. The van der Waals surface area contributed by atoms with Gasteiger partial charge in [0.25, 0.3) is 0 Å². The van der Waals surface area contributed by atoms with Crippen LogP contribution in [0.1, 0.15) is 38.2 Å². The van der Waals surface area contributed by atoms with Crippen molar-refractivity contribution >= 4 is 15.9 Å². The molecule has 4 rings (SSSR count). The van der Waals surface area contributed by atoms with Crippen molar-refractivity contribution in [2.75, 3.05) is 25.9 Å². The van der Waals surface area contributed by atoms with Crippen LogP contribution in [-0.2, 0) is 21.4 Å².